The zero-order chi connectivity index (χ0) is 12.5. The van der Waals surface area contributed by atoms with Gasteiger partial charge >= 0.3 is 6.03 Å². The number of nitrogens with zero attached hydrogens (tertiary/aromatic N) is 2. The fraction of sp³-hybridized carbons (Fsp3) is 0.500. The molecule has 2 N–H and O–H groups in total. The van der Waals surface area contributed by atoms with E-state index in [1.54, 1.807) is 4.90 Å². The Morgan fingerprint density at radius 1 is 1.22 bits per heavy atom. The van der Waals surface area contributed by atoms with Crippen molar-refractivity contribution < 1.29 is 4.79 Å². The number of anilines is 2. The lowest BCUT2D eigenvalue weighted by Crippen LogP contribution is -2.32. The van der Waals surface area contributed by atoms with Crippen LogP contribution in [0.3, 0.4) is 0 Å². The third kappa shape index (κ3) is 2.15. The predicted molar refractivity (Wildman–Crippen MR) is 72.5 cm³/mol. The molecule has 0 radical (unpaired) electrons. The third-order valence-corrected chi connectivity index (χ3v) is 3.83. The van der Waals surface area contributed by atoms with Gasteiger partial charge in [-0.25, -0.2) is 4.79 Å². The Hall–Kier alpha value is -1.71. The largest absolute Gasteiger partial charge is 0.397 e. The molecule has 1 saturated carbocycles. The number of hydrogen-bond acceptors (Lipinski definition) is 2. The van der Waals surface area contributed by atoms with Crippen molar-refractivity contribution in [2.45, 2.75) is 19.3 Å². The van der Waals surface area contributed by atoms with Crippen LogP contribution in [0.25, 0.3) is 0 Å². The first-order valence-corrected chi connectivity index (χ1v) is 6.66. The number of carbonyl (C=O) groups excluding carboxylic acids is 1. The molecule has 2 amide bonds. The van der Waals surface area contributed by atoms with Crippen LogP contribution in [0.4, 0.5) is 16.2 Å². The first-order chi connectivity index (χ1) is 8.75. The Morgan fingerprint density at radius 3 is 2.72 bits per heavy atom. The fourth-order valence-corrected chi connectivity index (χ4v) is 2.49. The highest BCUT2D eigenvalue weighted by molar-refractivity contribution is 5.97. The number of hydrogen-bond donors (Lipinski definition) is 1. The summed E-state index contributed by atoms with van der Waals surface area (Å²) in [5.74, 6) is 0.869. The lowest BCUT2D eigenvalue weighted by molar-refractivity contribution is 0.219. The maximum Gasteiger partial charge on any atom is 0.324 e. The zero-order valence-electron chi connectivity index (χ0n) is 10.5. The summed E-state index contributed by atoms with van der Waals surface area (Å²) in [6.07, 6.45) is 3.85. The van der Waals surface area contributed by atoms with Crippen LogP contribution in [0, 0.1) is 5.92 Å². The summed E-state index contributed by atoms with van der Waals surface area (Å²) in [7, 11) is 0. The molecule has 0 spiro atoms. The number of nitrogens with two attached hydrogens (primary N) is 1. The van der Waals surface area contributed by atoms with E-state index in [9.17, 15) is 4.79 Å². The van der Waals surface area contributed by atoms with Gasteiger partial charge in [-0.1, -0.05) is 25.0 Å². The molecule has 1 aromatic carbocycles. The van der Waals surface area contributed by atoms with E-state index in [4.69, 9.17) is 5.73 Å². The number of benzene rings is 1. The van der Waals surface area contributed by atoms with Crippen LogP contribution in [-0.2, 0) is 0 Å². The van der Waals surface area contributed by atoms with Crippen molar-refractivity contribution in [1.29, 1.82) is 0 Å². The minimum Gasteiger partial charge on any atom is -0.397 e. The predicted octanol–water partition coefficient (Wildman–Crippen LogP) is 2.31. The summed E-state index contributed by atoms with van der Waals surface area (Å²) in [6, 6.07) is 7.68. The molecule has 0 bridgehead atoms. The average molecular weight is 245 g/mol. The van der Waals surface area contributed by atoms with Crippen LogP contribution in [0.2, 0.25) is 0 Å². The zero-order valence-corrected chi connectivity index (χ0v) is 10.5. The van der Waals surface area contributed by atoms with Gasteiger partial charge in [0.15, 0.2) is 0 Å². The quantitative estimate of drug-likeness (QED) is 0.827. The molecule has 1 aliphatic carbocycles. The van der Waals surface area contributed by atoms with E-state index in [-0.39, 0.29) is 6.03 Å². The van der Waals surface area contributed by atoms with Crippen LogP contribution in [-0.4, -0.2) is 30.6 Å². The number of carbonyl (C=O) groups is 1. The molecular formula is C14H19N3O. The van der Waals surface area contributed by atoms with Crippen molar-refractivity contribution >= 4 is 17.4 Å². The molecule has 1 aliphatic heterocycles. The van der Waals surface area contributed by atoms with Gasteiger partial charge in [0.1, 0.15) is 0 Å². The van der Waals surface area contributed by atoms with Crippen molar-refractivity contribution in [3.63, 3.8) is 0 Å². The second-order valence-electron chi connectivity index (χ2n) is 5.21. The molecule has 1 heterocycles. The Bertz CT molecular complexity index is 456. The van der Waals surface area contributed by atoms with Gasteiger partial charge in [0, 0.05) is 19.6 Å². The number of rotatable bonds is 4. The maximum atomic E-state index is 12.3. The first kappa shape index (κ1) is 11.4. The summed E-state index contributed by atoms with van der Waals surface area (Å²) in [5.41, 5.74) is 7.45. The molecule has 96 valence electrons. The lowest BCUT2D eigenvalue weighted by atomic mass is 10.2. The van der Waals surface area contributed by atoms with Crippen LogP contribution < -0.4 is 10.6 Å². The summed E-state index contributed by atoms with van der Waals surface area (Å²) >= 11 is 0. The fourth-order valence-electron chi connectivity index (χ4n) is 2.49. The highest BCUT2D eigenvalue weighted by Gasteiger charge is 2.31. The lowest BCUT2D eigenvalue weighted by Gasteiger charge is -2.19. The SMILES string of the molecule is Nc1ccccc1N1CCN(CCC2CC2)C1=O. The second-order valence-corrected chi connectivity index (χ2v) is 5.21. The molecule has 18 heavy (non-hydrogen) atoms. The molecule has 2 fully saturated rings. The van der Waals surface area contributed by atoms with Gasteiger partial charge in [-0.05, 0) is 24.5 Å². The van der Waals surface area contributed by atoms with E-state index in [0.717, 1.165) is 37.7 Å². The van der Waals surface area contributed by atoms with Gasteiger partial charge < -0.3 is 10.6 Å². The van der Waals surface area contributed by atoms with Crippen molar-refractivity contribution in [3.8, 4) is 0 Å². The highest BCUT2D eigenvalue weighted by atomic mass is 16.2. The Labute approximate surface area is 107 Å². The molecule has 3 rings (SSSR count). The monoisotopic (exact) mass is 245 g/mol. The van der Waals surface area contributed by atoms with E-state index in [1.807, 2.05) is 29.2 Å². The first-order valence-electron chi connectivity index (χ1n) is 6.66. The summed E-state index contributed by atoms with van der Waals surface area (Å²) in [4.78, 5) is 16.0. The number of nitrogen functional groups attached to an aromatic ring is 1. The van der Waals surface area contributed by atoms with E-state index in [2.05, 4.69) is 0 Å². The second kappa shape index (κ2) is 4.52. The van der Waals surface area contributed by atoms with Crippen molar-refractivity contribution in [2.24, 2.45) is 5.92 Å². The Balaban J connectivity index is 1.67. The van der Waals surface area contributed by atoms with Gasteiger partial charge in [0.25, 0.3) is 0 Å². The summed E-state index contributed by atoms with van der Waals surface area (Å²) in [6.45, 7) is 2.46. The van der Waals surface area contributed by atoms with Gasteiger partial charge in [-0.15, -0.1) is 0 Å². The molecular weight excluding hydrogens is 226 g/mol. The van der Waals surface area contributed by atoms with Crippen LogP contribution in [0.15, 0.2) is 24.3 Å². The molecule has 0 aromatic heterocycles. The van der Waals surface area contributed by atoms with Gasteiger partial charge in [0.2, 0.25) is 0 Å². The van der Waals surface area contributed by atoms with Gasteiger partial charge in [0.05, 0.1) is 11.4 Å². The third-order valence-electron chi connectivity index (χ3n) is 3.83. The minimum absolute atomic E-state index is 0.105. The van der Waals surface area contributed by atoms with Crippen molar-refractivity contribution in [1.82, 2.24) is 4.90 Å². The molecule has 1 aromatic rings. The number of urea groups is 1. The molecule has 1 saturated heterocycles. The molecule has 4 nitrogen and oxygen atoms in total. The average Bonchev–Trinajstić information content (AvgIpc) is 3.13. The molecule has 2 aliphatic rings. The molecule has 0 unspecified atom stereocenters. The molecule has 4 heteroatoms. The number of para-hydroxylation sites is 2. The normalized spacial score (nSPS) is 19.7. The van der Waals surface area contributed by atoms with Gasteiger partial charge in [-0.2, -0.15) is 0 Å². The smallest absolute Gasteiger partial charge is 0.324 e. The number of amides is 2. The van der Waals surface area contributed by atoms with Crippen molar-refractivity contribution in [3.05, 3.63) is 24.3 Å². The minimum atomic E-state index is 0.105. The van der Waals surface area contributed by atoms with Crippen LogP contribution in [0.1, 0.15) is 19.3 Å². The maximum absolute atomic E-state index is 12.3. The van der Waals surface area contributed by atoms with Crippen LogP contribution >= 0.6 is 0 Å². The Morgan fingerprint density at radius 2 is 2.00 bits per heavy atom. The highest BCUT2D eigenvalue weighted by Crippen LogP contribution is 2.33. The topological polar surface area (TPSA) is 49.6 Å². The van der Waals surface area contributed by atoms with Gasteiger partial charge in [-0.3, -0.25) is 4.90 Å². The standard InChI is InChI=1S/C14H19N3O/c15-12-3-1-2-4-13(12)17-10-9-16(14(17)18)8-7-11-5-6-11/h1-4,11H,5-10,15H2. The Kier molecular flexibility index (Phi) is 2.86. The van der Waals surface area contributed by atoms with Crippen molar-refractivity contribution in [2.75, 3.05) is 30.3 Å². The molecule has 0 atom stereocenters. The van der Waals surface area contributed by atoms with E-state index in [0.29, 0.717) is 5.69 Å². The summed E-state index contributed by atoms with van der Waals surface area (Å²) in [5, 5.41) is 0. The van der Waals surface area contributed by atoms with E-state index in [1.165, 1.54) is 12.8 Å². The van der Waals surface area contributed by atoms with E-state index >= 15 is 0 Å². The van der Waals surface area contributed by atoms with Crippen LogP contribution in [0.5, 0.6) is 0 Å². The van der Waals surface area contributed by atoms with E-state index < -0.39 is 0 Å². The summed E-state index contributed by atoms with van der Waals surface area (Å²) < 4.78 is 0.